The van der Waals surface area contributed by atoms with E-state index < -0.39 is 5.54 Å². The maximum absolute atomic E-state index is 13.8. The zero-order valence-corrected chi connectivity index (χ0v) is 19.7. The van der Waals surface area contributed by atoms with E-state index in [0.717, 1.165) is 57.2 Å². The molecule has 0 spiro atoms. The number of carbonyl (C=O) groups excluding carboxylic acids is 2. The van der Waals surface area contributed by atoms with Crippen molar-refractivity contribution in [1.82, 2.24) is 0 Å². The van der Waals surface area contributed by atoms with Gasteiger partial charge >= 0.3 is 5.97 Å². The number of anilines is 1. The van der Waals surface area contributed by atoms with E-state index in [0.29, 0.717) is 21.3 Å². The van der Waals surface area contributed by atoms with Crippen molar-refractivity contribution in [1.29, 1.82) is 0 Å². The lowest BCUT2D eigenvalue weighted by molar-refractivity contribution is -0.945. The summed E-state index contributed by atoms with van der Waals surface area (Å²) >= 11 is 0. The van der Waals surface area contributed by atoms with Crippen LogP contribution in [-0.4, -0.2) is 41.5 Å². The molecule has 1 heterocycles. The van der Waals surface area contributed by atoms with Crippen LogP contribution in [-0.2, 0) is 20.9 Å². The summed E-state index contributed by atoms with van der Waals surface area (Å²) in [5.41, 5.74) is 2.42. The van der Waals surface area contributed by atoms with Gasteiger partial charge in [-0.05, 0) is 68.4 Å². The van der Waals surface area contributed by atoms with Crippen molar-refractivity contribution in [2.45, 2.75) is 64.5 Å². The van der Waals surface area contributed by atoms with E-state index >= 15 is 0 Å². The molecule has 1 saturated carbocycles. The lowest BCUT2D eigenvalue weighted by atomic mass is 10.0. The van der Waals surface area contributed by atoms with Gasteiger partial charge in [0.1, 0.15) is 12.4 Å². The van der Waals surface area contributed by atoms with Gasteiger partial charge in [-0.1, -0.05) is 30.3 Å². The standard InChI is InChI=1S/C27H33FN2O3/c1-20-16-23(28)17-21(2)25(20)29-26(32)27(12-13-27)30(14-8-3-4-9-15-30)18-24(31)33-19-22-10-6-5-7-11-22/h5-7,10-11,16-17H,3-4,8-9,12-15,18-19H2,1-2H3/p+1. The molecule has 1 N–H and O–H groups in total. The molecule has 6 heteroatoms. The number of quaternary nitrogens is 1. The highest BCUT2D eigenvalue weighted by Crippen LogP contribution is 2.49. The van der Waals surface area contributed by atoms with Crippen LogP contribution in [0.3, 0.4) is 0 Å². The molecule has 2 aromatic rings. The fourth-order valence-corrected chi connectivity index (χ4v) is 5.44. The van der Waals surface area contributed by atoms with Crippen molar-refractivity contribution in [3.63, 3.8) is 0 Å². The molecule has 0 bridgehead atoms. The first-order chi connectivity index (χ1) is 15.9. The van der Waals surface area contributed by atoms with E-state index in [1.165, 1.54) is 12.1 Å². The number of rotatable bonds is 7. The van der Waals surface area contributed by atoms with E-state index in [-0.39, 0.29) is 30.8 Å². The Labute approximate surface area is 195 Å². The van der Waals surface area contributed by atoms with Crippen molar-refractivity contribution in [3.8, 4) is 0 Å². The minimum absolute atomic E-state index is 0.0573. The van der Waals surface area contributed by atoms with Crippen molar-refractivity contribution >= 4 is 17.6 Å². The average molecular weight is 454 g/mol. The largest absolute Gasteiger partial charge is 0.457 e. The fraction of sp³-hybridized carbons (Fsp3) is 0.481. The van der Waals surface area contributed by atoms with Gasteiger partial charge in [0.2, 0.25) is 0 Å². The van der Waals surface area contributed by atoms with E-state index in [4.69, 9.17) is 4.74 Å². The third kappa shape index (κ3) is 4.96. The number of benzene rings is 2. The Morgan fingerprint density at radius 2 is 1.61 bits per heavy atom. The number of hydrogen-bond donors (Lipinski definition) is 1. The van der Waals surface area contributed by atoms with Crippen LogP contribution in [0.5, 0.6) is 0 Å². The molecule has 176 valence electrons. The summed E-state index contributed by atoms with van der Waals surface area (Å²) in [6.45, 7) is 5.67. The van der Waals surface area contributed by atoms with Crippen molar-refractivity contribution in [2.24, 2.45) is 0 Å². The van der Waals surface area contributed by atoms with Crippen LogP contribution in [0.15, 0.2) is 42.5 Å². The maximum Gasteiger partial charge on any atom is 0.362 e. The molecule has 2 aliphatic rings. The molecule has 1 aliphatic carbocycles. The van der Waals surface area contributed by atoms with Crippen molar-refractivity contribution < 1.29 is 23.2 Å². The molecule has 2 fully saturated rings. The number of esters is 1. The Kier molecular flexibility index (Phi) is 6.84. The fourth-order valence-electron chi connectivity index (χ4n) is 5.44. The Balaban J connectivity index is 1.54. The van der Waals surface area contributed by atoms with Crippen molar-refractivity contribution in [3.05, 3.63) is 65.0 Å². The van der Waals surface area contributed by atoms with Gasteiger partial charge < -0.3 is 14.5 Å². The summed E-state index contributed by atoms with van der Waals surface area (Å²) in [4.78, 5) is 26.7. The summed E-state index contributed by atoms with van der Waals surface area (Å²) in [5, 5.41) is 3.11. The SMILES string of the molecule is Cc1cc(F)cc(C)c1NC(=O)C1([N+]2(CC(=O)OCc3ccccc3)CCCCCC2)CC1. The molecule has 1 saturated heterocycles. The highest BCUT2D eigenvalue weighted by molar-refractivity contribution is 6.00. The first kappa shape index (κ1) is 23.4. The van der Waals surface area contributed by atoms with Gasteiger partial charge in [-0.2, -0.15) is 0 Å². The van der Waals surface area contributed by atoms with Crippen LogP contribution < -0.4 is 5.32 Å². The zero-order chi connectivity index (χ0) is 23.5. The van der Waals surface area contributed by atoms with E-state index in [2.05, 4.69) is 5.32 Å². The van der Waals surface area contributed by atoms with E-state index in [9.17, 15) is 14.0 Å². The molecule has 0 atom stereocenters. The summed E-state index contributed by atoms with van der Waals surface area (Å²) < 4.78 is 19.9. The molecule has 0 aromatic heterocycles. The molecular formula is C27H34FN2O3+. The zero-order valence-electron chi connectivity index (χ0n) is 19.7. The molecule has 1 amide bonds. The predicted molar refractivity (Wildman–Crippen MR) is 126 cm³/mol. The van der Waals surface area contributed by atoms with Gasteiger partial charge in [-0.25, -0.2) is 9.18 Å². The number of amides is 1. The second-order valence-corrected chi connectivity index (χ2v) is 9.71. The minimum atomic E-state index is -0.622. The third-order valence-electron chi connectivity index (χ3n) is 7.39. The Morgan fingerprint density at radius 1 is 1.00 bits per heavy atom. The molecule has 0 unspecified atom stereocenters. The van der Waals surface area contributed by atoms with Crippen LogP contribution in [0.1, 0.15) is 55.2 Å². The topological polar surface area (TPSA) is 55.4 Å². The molecule has 1 aliphatic heterocycles. The number of carbonyl (C=O) groups is 2. The van der Waals surface area contributed by atoms with E-state index in [1.807, 2.05) is 44.2 Å². The molecule has 0 radical (unpaired) electrons. The molecule has 4 rings (SSSR count). The van der Waals surface area contributed by atoms with Crippen LogP contribution >= 0.6 is 0 Å². The number of likely N-dealkylation sites (tertiary alicyclic amines) is 1. The average Bonchev–Trinajstić information content (AvgIpc) is 3.61. The van der Waals surface area contributed by atoms with E-state index in [1.54, 1.807) is 0 Å². The van der Waals surface area contributed by atoms with Gasteiger partial charge in [0.05, 0.1) is 13.1 Å². The molecule has 5 nitrogen and oxygen atoms in total. The lowest BCUT2D eigenvalue weighted by Gasteiger charge is -2.43. The number of ether oxygens (including phenoxy) is 1. The van der Waals surface area contributed by atoms with Crippen LogP contribution in [0.25, 0.3) is 0 Å². The Morgan fingerprint density at radius 3 is 2.18 bits per heavy atom. The van der Waals surface area contributed by atoms with Gasteiger partial charge in [0.15, 0.2) is 12.1 Å². The number of hydrogen-bond acceptors (Lipinski definition) is 3. The smallest absolute Gasteiger partial charge is 0.362 e. The van der Waals surface area contributed by atoms with Crippen LogP contribution in [0.2, 0.25) is 0 Å². The van der Waals surface area contributed by atoms with Gasteiger partial charge in [-0.3, -0.25) is 4.79 Å². The number of halogens is 1. The lowest BCUT2D eigenvalue weighted by Crippen LogP contribution is -2.64. The molecule has 33 heavy (non-hydrogen) atoms. The minimum Gasteiger partial charge on any atom is -0.457 e. The summed E-state index contributed by atoms with van der Waals surface area (Å²) in [6.07, 6.45) is 5.74. The van der Waals surface area contributed by atoms with Crippen LogP contribution in [0, 0.1) is 19.7 Å². The number of nitrogens with one attached hydrogen (secondary N) is 1. The first-order valence-corrected chi connectivity index (χ1v) is 12.0. The van der Waals surface area contributed by atoms with Crippen LogP contribution in [0.4, 0.5) is 10.1 Å². The second-order valence-electron chi connectivity index (χ2n) is 9.71. The number of nitrogens with zero attached hydrogens (tertiary/aromatic N) is 1. The van der Waals surface area contributed by atoms with Gasteiger partial charge in [0.25, 0.3) is 5.91 Å². The predicted octanol–water partition coefficient (Wildman–Crippen LogP) is 5.05. The number of aryl methyl sites for hydroxylation is 2. The Hall–Kier alpha value is -2.73. The molecule has 2 aromatic carbocycles. The highest BCUT2D eigenvalue weighted by atomic mass is 19.1. The first-order valence-electron chi connectivity index (χ1n) is 12.0. The second kappa shape index (κ2) is 9.64. The highest BCUT2D eigenvalue weighted by Gasteiger charge is 2.66. The van der Waals surface area contributed by atoms with Gasteiger partial charge in [-0.15, -0.1) is 0 Å². The summed E-state index contributed by atoms with van der Waals surface area (Å²) in [6, 6.07) is 12.5. The normalized spacial score (nSPS) is 18.8. The quantitative estimate of drug-likeness (QED) is 0.472. The van der Waals surface area contributed by atoms with Crippen molar-refractivity contribution in [2.75, 3.05) is 25.0 Å². The maximum atomic E-state index is 13.8. The third-order valence-corrected chi connectivity index (χ3v) is 7.39. The molecular weight excluding hydrogens is 419 g/mol. The van der Waals surface area contributed by atoms with Gasteiger partial charge in [0, 0.05) is 18.5 Å². The summed E-state index contributed by atoms with van der Waals surface area (Å²) in [7, 11) is 0. The monoisotopic (exact) mass is 453 g/mol. The Bertz CT molecular complexity index is 986. The summed E-state index contributed by atoms with van der Waals surface area (Å²) in [5.74, 6) is -0.617.